The molecule has 0 aromatic heterocycles. The Morgan fingerprint density at radius 3 is 2.64 bits per heavy atom. The van der Waals surface area contributed by atoms with Crippen molar-refractivity contribution >= 4 is 17.9 Å². The largest absolute Gasteiger partial charge is 0.463 e. The second-order valence-corrected chi connectivity index (χ2v) is 8.97. The summed E-state index contributed by atoms with van der Waals surface area (Å²) < 4.78 is 19.3. The van der Waals surface area contributed by atoms with Crippen molar-refractivity contribution in [2.24, 2.45) is 5.92 Å². The SMILES string of the molecule is CCOC(=O)C1=C(CN2CCN(C(=O)C3CC3)[C@@H](C)C2)N(C)C(=O)N[C@H]1c1cccc(F)c1. The zero-order valence-electron chi connectivity index (χ0n) is 19.3. The molecule has 8 nitrogen and oxygen atoms in total. The highest BCUT2D eigenvalue weighted by Crippen LogP contribution is 2.34. The first kappa shape index (κ1) is 23.2. The molecule has 1 N–H and O–H groups in total. The van der Waals surface area contributed by atoms with Crippen LogP contribution in [-0.2, 0) is 14.3 Å². The van der Waals surface area contributed by atoms with Crippen LogP contribution >= 0.6 is 0 Å². The van der Waals surface area contributed by atoms with E-state index in [2.05, 4.69) is 10.2 Å². The highest BCUT2D eigenvalue weighted by molar-refractivity contribution is 5.95. The summed E-state index contributed by atoms with van der Waals surface area (Å²) in [6, 6.07) is 4.73. The van der Waals surface area contributed by atoms with Gasteiger partial charge >= 0.3 is 12.0 Å². The lowest BCUT2D eigenvalue weighted by molar-refractivity contribution is -0.139. The smallest absolute Gasteiger partial charge is 0.338 e. The molecule has 3 aliphatic rings. The topological polar surface area (TPSA) is 82.2 Å². The molecule has 2 aliphatic heterocycles. The molecular weight excluding hydrogens is 427 g/mol. The molecule has 0 spiro atoms. The molecule has 1 saturated heterocycles. The number of esters is 1. The summed E-state index contributed by atoms with van der Waals surface area (Å²) in [5.74, 6) is -0.578. The van der Waals surface area contributed by atoms with Gasteiger partial charge in [0.1, 0.15) is 5.82 Å². The van der Waals surface area contributed by atoms with Gasteiger partial charge in [-0.1, -0.05) is 12.1 Å². The van der Waals surface area contributed by atoms with Crippen LogP contribution in [0.3, 0.4) is 0 Å². The van der Waals surface area contributed by atoms with Crippen molar-refractivity contribution in [3.8, 4) is 0 Å². The summed E-state index contributed by atoms with van der Waals surface area (Å²) in [4.78, 5) is 43.9. The van der Waals surface area contributed by atoms with Gasteiger partial charge < -0.3 is 15.0 Å². The molecule has 0 bridgehead atoms. The Morgan fingerprint density at radius 2 is 2.00 bits per heavy atom. The lowest BCUT2D eigenvalue weighted by atomic mass is 9.94. The maximum atomic E-state index is 14.0. The first-order chi connectivity index (χ1) is 15.8. The number of rotatable bonds is 6. The zero-order valence-corrected chi connectivity index (χ0v) is 19.3. The average Bonchev–Trinajstić information content (AvgIpc) is 3.62. The van der Waals surface area contributed by atoms with Gasteiger partial charge in [0, 0.05) is 50.9 Å². The van der Waals surface area contributed by atoms with E-state index in [1.807, 2.05) is 11.8 Å². The van der Waals surface area contributed by atoms with Crippen LogP contribution in [-0.4, -0.2) is 78.5 Å². The number of piperazine rings is 1. The molecule has 33 heavy (non-hydrogen) atoms. The molecular formula is C24H31FN4O4. The van der Waals surface area contributed by atoms with Gasteiger partial charge in [0.2, 0.25) is 5.91 Å². The summed E-state index contributed by atoms with van der Waals surface area (Å²) in [5, 5.41) is 2.81. The fourth-order valence-corrected chi connectivity index (χ4v) is 4.61. The lowest BCUT2D eigenvalue weighted by Crippen LogP contribution is -2.56. The maximum Gasteiger partial charge on any atom is 0.338 e. The van der Waals surface area contributed by atoms with E-state index >= 15 is 0 Å². The molecule has 1 aromatic carbocycles. The Morgan fingerprint density at radius 1 is 1.24 bits per heavy atom. The van der Waals surface area contributed by atoms with Crippen LogP contribution in [0.1, 0.15) is 38.3 Å². The Bertz CT molecular complexity index is 977. The molecule has 178 valence electrons. The maximum absolute atomic E-state index is 14.0. The molecule has 0 unspecified atom stereocenters. The van der Waals surface area contributed by atoms with E-state index in [1.54, 1.807) is 26.1 Å². The van der Waals surface area contributed by atoms with Gasteiger partial charge in [0.05, 0.1) is 18.2 Å². The number of urea groups is 1. The number of hydrogen-bond donors (Lipinski definition) is 1. The lowest BCUT2D eigenvalue weighted by Gasteiger charge is -2.42. The summed E-state index contributed by atoms with van der Waals surface area (Å²) in [7, 11) is 1.61. The molecule has 0 radical (unpaired) electrons. The molecule has 2 heterocycles. The van der Waals surface area contributed by atoms with Gasteiger partial charge in [-0.25, -0.2) is 14.0 Å². The van der Waals surface area contributed by atoms with E-state index in [4.69, 9.17) is 4.74 Å². The van der Waals surface area contributed by atoms with Gasteiger partial charge in [-0.2, -0.15) is 0 Å². The van der Waals surface area contributed by atoms with Crippen LogP contribution in [0.4, 0.5) is 9.18 Å². The predicted molar refractivity (Wildman–Crippen MR) is 119 cm³/mol. The predicted octanol–water partition coefficient (Wildman–Crippen LogP) is 2.28. The van der Waals surface area contributed by atoms with E-state index in [0.29, 0.717) is 43.0 Å². The second kappa shape index (κ2) is 9.51. The van der Waals surface area contributed by atoms with E-state index in [0.717, 1.165) is 12.8 Å². The van der Waals surface area contributed by atoms with Crippen LogP contribution in [0.25, 0.3) is 0 Å². The molecule has 2 fully saturated rings. The van der Waals surface area contributed by atoms with Crippen LogP contribution in [0, 0.1) is 11.7 Å². The highest BCUT2D eigenvalue weighted by Gasteiger charge is 2.40. The van der Waals surface area contributed by atoms with Crippen molar-refractivity contribution in [2.75, 3.05) is 39.8 Å². The molecule has 1 aliphatic carbocycles. The van der Waals surface area contributed by atoms with Crippen molar-refractivity contribution in [2.45, 2.75) is 38.8 Å². The number of likely N-dealkylation sites (N-methyl/N-ethyl adjacent to an activating group) is 1. The molecule has 1 aromatic rings. The molecule has 9 heteroatoms. The first-order valence-electron chi connectivity index (χ1n) is 11.5. The summed E-state index contributed by atoms with van der Waals surface area (Å²) >= 11 is 0. The number of ether oxygens (including phenoxy) is 1. The Balaban J connectivity index is 1.63. The van der Waals surface area contributed by atoms with Crippen molar-refractivity contribution in [3.05, 3.63) is 46.9 Å². The van der Waals surface area contributed by atoms with Crippen molar-refractivity contribution < 1.29 is 23.5 Å². The normalized spacial score (nSPS) is 24.1. The summed E-state index contributed by atoms with van der Waals surface area (Å²) in [6.07, 6.45) is 1.95. The van der Waals surface area contributed by atoms with Gasteiger partial charge in [0.25, 0.3) is 0 Å². The van der Waals surface area contributed by atoms with Crippen LogP contribution in [0.15, 0.2) is 35.5 Å². The fourth-order valence-electron chi connectivity index (χ4n) is 4.61. The van der Waals surface area contributed by atoms with Gasteiger partial charge in [-0.3, -0.25) is 14.6 Å². The number of nitrogens with zero attached hydrogens (tertiary/aromatic N) is 3. The standard InChI is InChI=1S/C24H31FN4O4/c1-4-33-23(31)20-19(14-28-10-11-29(15(2)13-28)22(30)16-8-9-16)27(3)24(32)26-21(20)17-6-5-7-18(25)12-17/h5-7,12,15-16,21H,4,8-11,13-14H2,1-3H3,(H,26,32)/t15-,21-/m0/s1. The molecule has 1 saturated carbocycles. The van der Waals surface area contributed by atoms with Crippen molar-refractivity contribution in [1.82, 2.24) is 20.0 Å². The van der Waals surface area contributed by atoms with Crippen molar-refractivity contribution in [1.29, 1.82) is 0 Å². The number of carbonyl (C=O) groups is 3. The Labute approximate surface area is 193 Å². The first-order valence-corrected chi connectivity index (χ1v) is 11.5. The molecule has 4 rings (SSSR count). The zero-order chi connectivity index (χ0) is 23.7. The average molecular weight is 459 g/mol. The van der Waals surface area contributed by atoms with Gasteiger partial charge in [0.15, 0.2) is 0 Å². The monoisotopic (exact) mass is 458 g/mol. The van der Waals surface area contributed by atoms with E-state index in [9.17, 15) is 18.8 Å². The number of benzene rings is 1. The van der Waals surface area contributed by atoms with Crippen LogP contribution < -0.4 is 5.32 Å². The van der Waals surface area contributed by atoms with Crippen LogP contribution in [0.2, 0.25) is 0 Å². The van der Waals surface area contributed by atoms with Crippen LogP contribution in [0.5, 0.6) is 0 Å². The minimum absolute atomic E-state index is 0.0419. The quantitative estimate of drug-likeness (QED) is 0.662. The fraction of sp³-hybridized carbons (Fsp3) is 0.542. The number of amides is 3. The number of nitrogens with one attached hydrogen (secondary N) is 1. The Kier molecular flexibility index (Phi) is 6.69. The molecule has 3 amide bonds. The van der Waals surface area contributed by atoms with E-state index < -0.39 is 17.8 Å². The number of hydrogen-bond acceptors (Lipinski definition) is 5. The third-order valence-electron chi connectivity index (χ3n) is 6.55. The minimum atomic E-state index is -0.811. The second-order valence-electron chi connectivity index (χ2n) is 8.97. The molecule has 2 atom stereocenters. The number of carbonyl (C=O) groups excluding carboxylic acids is 3. The van der Waals surface area contributed by atoms with E-state index in [-0.39, 0.29) is 30.5 Å². The van der Waals surface area contributed by atoms with Crippen molar-refractivity contribution in [3.63, 3.8) is 0 Å². The third kappa shape index (κ3) is 4.88. The summed E-state index contributed by atoms with van der Waals surface area (Å²) in [5.41, 5.74) is 1.31. The number of halogens is 1. The van der Waals surface area contributed by atoms with Gasteiger partial charge in [-0.15, -0.1) is 0 Å². The highest BCUT2D eigenvalue weighted by atomic mass is 19.1. The van der Waals surface area contributed by atoms with Gasteiger partial charge in [-0.05, 0) is 44.4 Å². The van der Waals surface area contributed by atoms with E-state index in [1.165, 1.54) is 17.0 Å². The summed E-state index contributed by atoms with van der Waals surface area (Å²) in [6.45, 7) is 6.17. The minimum Gasteiger partial charge on any atom is -0.463 e. The third-order valence-corrected chi connectivity index (χ3v) is 6.55. The Hall–Kier alpha value is -2.94.